The van der Waals surface area contributed by atoms with Gasteiger partial charge < -0.3 is 9.30 Å². The van der Waals surface area contributed by atoms with Gasteiger partial charge in [0.2, 0.25) is 10.0 Å². The number of imidazole rings is 1. The van der Waals surface area contributed by atoms with Crippen LogP contribution in [-0.2, 0) is 35.0 Å². The minimum atomic E-state index is -3.26. The Morgan fingerprint density at radius 2 is 2.17 bits per heavy atom. The molecule has 0 radical (unpaired) electrons. The number of aromatic nitrogens is 3. The van der Waals surface area contributed by atoms with E-state index in [0.29, 0.717) is 26.3 Å². The molecule has 1 aliphatic rings. The van der Waals surface area contributed by atoms with E-state index in [2.05, 4.69) is 9.97 Å². The Morgan fingerprint density at radius 3 is 2.88 bits per heavy atom. The molecule has 7 nitrogen and oxygen atoms in total. The van der Waals surface area contributed by atoms with Crippen molar-refractivity contribution in [2.75, 3.05) is 19.4 Å². The molecule has 0 aliphatic carbocycles. The largest absolute Gasteiger partial charge is 0.374 e. The zero-order valence-electron chi connectivity index (χ0n) is 14.1. The van der Waals surface area contributed by atoms with E-state index in [9.17, 15) is 8.42 Å². The summed E-state index contributed by atoms with van der Waals surface area (Å²) in [4.78, 5) is 8.75. The fourth-order valence-electron chi connectivity index (χ4n) is 3.07. The van der Waals surface area contributed by atoms with Crippen molar-refractivity contribution < 1.29 is 13.2 Å². The summed E-state index contributed by atoms with van der Waals surface area (Å²) < 4.78 is 33.1. The molecule has 0 saturated carbocycles. The highest BCUT2D eigenvalue weighted by Crippen LogP contribution is 2.29. The Morgan fingerprint density at radius 1 is 1.38 bits per heavy atom. The van der Waals surface area contributed by atoms with Gasteiger partial charge in [0, 0.05) is 30.9 Å². The van der Waals surface area contributed by atoms with Crippen LogP contribution >= 0.6 is 0 Å². The van der Waals surface area contributed by atoms with Crippen molar-refractivity contribution in [3.05, 3.63) is 47.3 Å². The summed E-state index contributed by atoms with van der Waals surface area (Å²) in [6.07, 6.45) is 2.96. The first-order valence-corrected chi connectivity index (χ1v) is 9.65. The molecule has 2 aromatic rings. The number of aryl methyl sites for hydroxylation is 2. The number of hydrogen-bond acceptors (Lipinski definition) is 5. The van der Waals surface area contributed by atoms with Crippen molar-refractivity contribution in [3.63, 3.8) is 0 Å². The fourth-order valence-corrected chi connectivity index (χ4v) is 3.87. The van der Waals surface area contributed by atoms with Gasteiger partial charge >= 0.3 is 0 Å². The second kappa shape index (κ2) is 6.62. The molecule has 1 unspecified atom stereocenters. The molecule has 1 aliphatic heterocycles. The molecule has 0 aromatic carbocycles. The quantitative estimate of drug-likeness (QED) is 0.810. The molecule has 0 amide bonds. The van der Waals surface area contributed by atoms with Gasteiger partial charge in [0.15, 0.2) is 0 Å². The maximum absolute atomic E-state index is 11.9. The monoisotopic (exact) mass is 350 g/mol. The van der Waals surface area contributed by atoms with Crippen molar-refractivity contribution >= 4 is 10.0 Å². The number of rotatable bonds is 5. The minimum Gasteiger partial charge on any atom is -0.374 e. The van der Waals surface area contributed by atoms with Crippen LogP contribution in [0.25, 0.3) is 0 Å². The number of fused-ring (bicyclic) bond motifs is 1. The SMILES string of the molecule is Cc1cccc(COCC2CN(S(C)(=O)=O)Cc3ncn(C)c32)n1. The highest BCUT2D eigenvalue weighted by atomic mass is 32.2. The van der Waals surface area contributed by atoms with Crippen molar-refractivity contribution in [2.45, 2.75) is 26.0 Å². The molecular weight excluding hydrogens is 328 g/mol. The zero-order chi connectivity index (χ0) is 17.3. The Hall–Kier alpha value is -1.77. The molecule has 24 heavy (non-hydrogen) atoms. The van der Waals surface area contributed by atoms with E-state index in [1.165, 1.54) is 10.6 Å². The second-order valence-corrected chi connectivity index (χ2v) is 8.21. The van der Waals surface area contributed by atoms with E-state index in [4.69, 9.17) is 4.74 Å². The minimum absolute atomic E-state index is 0.0409. The summed E-state index contributed by atoms with van der Waals surface area (Å²) >= 11 is 0. The molecule has 1 atom stereocenters. The van der Waals surface area contributed by atoms with E-state index in [-0.39, 0.29) is 5.92 Å². The van der Waals surface area contributed by atoms with E-state index in [1.807, 2.05) is 36.7 Å². The average molecular weight is 350 g/mol. The van der Waals surface area contributed by atoms with Gasteiger partial charge in [-0.15, -0.1) is 0 Å². The molecule has 3 heterocycles. The predicted molar refractivity (Wildman–Crippen MR) is 89.8 cm³/mol. The normalized spacial score (nSPS) is 18.5. The van der Waals surface area contributed by atoms with Gasteiger partial charge in [-0.05, 0) is 19.1 Å². The third-order valence-corrected chi connectivity index (χ3v) is 5.40. The van der Waals surface area contributed by atoms with Crippen LogP contribution in [0.2, 0.25) is 0 Å². The Labute approximate surface area is 142 Å². The van der Waals surface area contributed by atoms with Gasteiger partial charge in [-0.1, -0.05) is 6.07 Å². The van der Waals surface area contributed by atoms with Crippen LogP contribution in [0.5, 0.6) is 0 Å². The lowest BCUT2D eigenvalue weighted by Gasteiger charge is -2.31. The smallest absolute Gasteiger partial charge is 0.211 e. The first kappa shape index (κ1) is 17.1. The summed E-state index contributed by atoms with van der Waals surface area (Å²) in [5.74, 6) is -0.0409. The number of nitrogens with zero attached hydrogens (tertiary/aromatic N) is 4. The van der Waals surface area contributed by atoms with Crippen LogP contribution < -0.4 is 0 Å². The number of ether oxygens (including phenoxy) is 1. The molecule has 8 heteroatoms. The van der Waals surface area contributed by atoms with Gasteiger partial charge in [-0.25, -0.2) is 13.4 Å². The molecule has 0 saturated heterocycles. The van der Waals surface area contributed by atoms with Gasteiger partial charge in [-0.2, -0.15) is 4.31 Å². The molecular formula is C16H22N4O3S. The van der Waals surface area contributed by atoms with Gasteiger partial charge in [-0.3, -0.25) is 4.98 Å². The van der Waals surface area contributed by atoms with Gasteiger partial charge in [0.1, 0.15) is 0 Å². The Balaban J connectivity index is 1.72. The molecule has 0 spiro atoms. The third kappa shape index (κ3) is 3.66. The van der Waals surface area contributed by atoms with E-state index in [0.717, 1.165) is 22.8 Å². The maximum Gasteiger partial charge on any atom is 0.211 e. The van der Waals surface area contributed by atoms with E-state index in [1.54, 1.807) is 6.33 Å². The summed E-state index contributed by atoms with van der Waals surface area (Å²) in [5, 5.41) is 0. The standard InChI is InChI=1S/C16H22N4O3S/c1-12-5-4-6-14(18-12)10-23-9-13-7-20(24(3,21)22)8-15-16(13)19(2)11-17-15/h4-6,11,13H,7-10H2,1-3H3. The summed E-state index contributed by atoms with van der Waals surface area (Å²) in [6.45, 7) is 3.51. The molecule has 0 N–H and O–H groups in total. The molecule has 130 valence electrons. The number of pyridine rings is 1. The third-order valence-electron chi connectivity index (χ3n) is 4.18. The van der Waals surface area contributed by atoms with Crippen LogP contribution in [0.4, 0.5) is 0 Å². The van der Waals surface area contributed by atoms with Crippen LogP contribution in [0.1, 0.15) is 28.7 Å². The van der Waals surface area contributed by atoms with Crippen LogP contribution in [0.3, 0.4) is 0 Å². The predicted octanol–water partition coefficient (Wildman–Crippen LogP) is 1.20. The first-order valence-electron chi connectivity index (χ1n) is 7.80. The summed E-state index contributed by atoms with van der Waals surface area (Å²) in [6, 6.07) is 5.81. The molecule has 2 aromatic heterocycles. The van der Waals surface area contributed by atoms with Crippen molar-refractivity contribution in [1.29, 1.82) is 0 Å². The number of sulfonamides is 1. The highest BCUT2D eigenvalue weighted by molar-refractivity contribution is 7.88. The molecule has 0 bridgehead atoms. The van der Waals surface area contributed by atoms with Crippen molar-refractivity contribution in [1.82, 2.24) is 18.8 Å². The van der Waals surface area contributed by atoms with Crippen LogP contribution in [-0.4, -0.2) is 46.7 Å². The topological polar surface area (TPSA) is 77.3 Å². The average Bonchev–Trinajstić information content (AvgIpc) is 2.88. The summed E-state index contributed by atoms with van der Waals surface area (Å²) in [5.41, 5.74) is 3.67. The van der Waals surface area contributed by atoms with Crippen LogP contribution in [0.15, 0.2) is 24.5 Å². The lowest BCUT2D eigenvalue weighted by Crippen LogP contribution is -2.39. The number of hydrogen-bond donors (Lipinski definition) is 0. The first-order chi connectivity index (χ1) is 11.3. The van der Waals surface area contributed by atoms with E-state index < -0.39 is 10.0 Å². The lowest BCUT2D eigenvalue weighted by molar-refractivity contribution is 0.0937. The van der Waals surface area contributed by atoms with Crippen molar-refractivity contribution in [3.8, 4) is 0 Å². The maximum atomic E-state index is 11.9. The second-order valence-electron chi connectivity index (χ2n) is 6.23. The van der Waals surface area contributed by atoms with Gasteiger partial charge in [0.05, 0.1) is 43.7 Å². The lowest BCUT2D eigenvalue weighted by atomic mass is 10.0. The van der Waals surface area contributed by atoms with E-state index >= 15 is 0 Å². The molecule has 0 fully saturated rings. The van der Waals surface area contributed by atoms with Gasteiger partial charge in [0.25, 0.3) is 0 Å². The Kier molecular flexibility index (Phi) is 4.71. The van der Waals surface area contributed by atoms with Crippen molar-refractivity contribution in [2.24, 2.45) is 7.05 Å². The molecule has 3 rings (SSSR count). The zero-order valence-corrected chi connectivity index (χ0v) is 15.0. The van der Waals surface area contributed by atoms with Crippen LogP contribution in [0, 0.1) is 6.92 Å². The highest BCUT2D eigenvalue weighted by Gasteiger charge is 2.33. The summed E-state index contributed by atoms with van der Waals surface area (Å²) in [7, 11) is -1.33. The fraction of sp³-hybridized carbons (Fsp3) is 0.500. The Bertz CT molecular complexity index is 832.